The monoisotopic (exact) mass is 389 g/mol. The highest BCUT2D eigenvalue weighted by atomic mass is 35.5. The summed E-state index contributed by atoms with van der Waals surface area (Å²) < 4.78 is 1.52. The first kappa shape index (κ1) is 17.9. The minimum absolute atomic E-state index is 0.0286. The van der Waals surface area contributed by atoms with Gasteiger partial charge in [0.15, 0.2) is 0 Å². The smallest absolute Gasteiger partial charge is 0.335 e. The Morgan fingerprint density at radius 2 is 1.96 bits per heavy atom. The number of aromatic nitrogens is 4. The number of hydrogen-bond donors (Lipinski definition) is 2. The summed E-state index contributed by atoms with van der Waals surface area (Å²) in [5.74, 6) is -1.43. The van der Waals surface area contributed by atoms with Crippen LogP contribution in [0.3, 0.4) is 0 Å². The molecule has 0 radical (unpaired) electrons. The zero-order valence-corrected chi connectivity index (χ0v) is 14.7. The van der Waals surface area contributed by atoms with Crippen molar-refractivity contribution < 1.29 is 14.7 Å². The van der Waals surface area contributed by atoms with E-state index in [1.54, 1.807) is 0 Å². The average molecular weight is 390 g/mol. The Bertz CT molecular complexity index is 948. The van der Waals surface area contributed by atoms with Crippen LogP contribution in [0.5, 0.6) is 0 Å². The lowest BCUT2D eigenvalue weighted by Gasteiger charge is -2.08. The second-order valence-electron chi connectivity index (χ2n) is 5.05. The molecule has 0 unspecified atom stereocenters. The van der Waals surface area contributed by atoms with E-state index in [1.165, 1.54) is 22.9 Å². The van der Waals surface area contributed by atoms with Gasteiger partial charge in [-0.25, -0.2) is 4.79 Å². The number of halogens is 1. The third kappa shape index (κ3) is 4.19. The SMILES string of the molecule is O=C(CSc1nnnn1-c1ccccc1)Nc1cc(C(=O)O)ccc1Cl. The molecule has 3 rings (SSSR count). The van der Waals surface area contributed by atoms with Gasteiger partial charge in [0, 0.05) is 0 Å². The van der Waals surface area contributed by atoms with Crippen LogP contribution in [-0.2, 0) is 4.79 Å². The Balaban J connectivity index is 1.67. The van der Waals surface area contributed by atoms with Gasteiger partial charge >= 0.3 is 5.97 Å². The van der Waals surface area contributed by atoms with Gasteiger partial charge in [-0.1, -0.05) is 41.6 Å². The molecule has 1 aromatic heterocycles. The van der Waals surface area contributed by atoms with E-state index in [0.29, 0.717) is 5.16 Å². The fourth-order valence-electron chi connectivity index (χ4n) is 2.07. The number of rotatable bonds is 6. The van der Waals surface area contributed by atoms with Crippen molar-refractivity contribution in [3.05, 3.63) is 59.1 Å². The van der Waals surface area contributed by atoms with E-state index in [9.17, 15) is 9.59 Å². The number of thioether (sulfide) groups is 1. The maximum Gasteiger partial charge on any atom is 0.335 e. The number of carbonyl (C=O) groups is 2. The molecule has 8 nitrogen and oxygen atoms in total. The van der Waals surface area contributed by atoms with Gasteiger partial charge in [-0.3, -0.25) is 4.79 Å². The van der Waals surface area contributed by atoms with Crippen LogP contribution in [0.4, 0.5) is 5.69 Å². The highest BCUT2D eigenvalue weighted by molar-refractivity contribution is 7.99. The molecule has 0 aliphatic rings. The number of para-hydroxylation sites is 1. The normalized spacial score (nSPS) is 10.5. The first-order valence-electron chi connectivity index (χ1n) is 7.34. The molecule has 0 aliphatic heterocycles. The van der Waals surface area contributed by atoms with Crippen LogP contribution in [0, 0.1) is 0 Å². The first-order valence-corrected chi connectivity index (χ1v) is 8.70. The second-order valence-corrected chi connectivity index (χ2v) is 6.40. The van der Waals surface area contributed by atoms with Gasteiger partial charge in [0.05, 0.1) is 27.7 Å². The molecule has 2 aromatic carbocycles. The van der Waals surface area contributed by atoms with Crippen LogP contribution in [0.15, 0.2) is 53.7 Å². The molecular weight excluding hydrogens is 378 g/mol. The highest BCUT2D eigenvalue weighted by Gasteiger charge is 2.13. The minimum atomic E-state index is -1.10. The molecule has 1 amide bonds. The lowest BCUT2D eigenvalue weighted by molar-refractivity contribution is -0.113. The van der Waals surface area contributed by atoms with Crippen molar-refractivity contribution in [3.8, 4) is 5.69 Å². The number of amides is 1. The molecule has 1 heterocycles. The second kappa shape index (κ2) is 7.98. The van der Waals surface area contributed by atoms with E-state index in [1.807, 2.05) is 30.3 Å². The number of anilines is 1. The number of tetrazole rings is 1. The zero-order valence-electron chi connectivity index (χ0n) is 13.2. The maximum atomic E-state index is 12.2. The van der Waals surface area contributed by atoms with Crippen molar-refractivity contribution in [2.24, 2.45) is 0 Å². The summed E-state index contributed by atoms with van der Waals surface area (Å²) in [6, 6.07) is 13.4. The Labute approximate surface area is 157 Å². The number of nitrogens with one attached hydrogen (secondary N) is 1. The minimum Gasteiger partial charge on any atom is -0.478 e. The lowest BCUT2D eigenvalue weighted by Crippen LogP contribution is -2.15. The highest BCUT2D eigenvalue weighted by Crippen LogP contribution is 2.24. The molecule has 0 aliphatic carbocycles. The molecule has 0 fully saturated rings. The number of carbonyl (C=O) groups excluding carboxylic acids is 1. The van der Waals surface area contributed by atoms with E-state index in [-0.39, 0.29) is 27.9 Å². The van der Waals surface area contributed by atoms with Gasteiger partial charge < -0.3 is 10.4 Å². The Hall–Kier alpha value is -2.91. The van der Waals surface area contributed by atoms with E-state index >= 15 is 0 Å². The fraction of sp³-hybridized carbons (Fsp3) is 0.0625. The number of hydrogen-bond acceptors (Lipinski definition) is 6. The quantitative estimate of drug-likeness (QED) is 0.623. The standard InChI is InChI=1S/C16H12ClN5O3S/c17-12-7-6-10(15(24)25)8-13(12)18-14(23)9-26-16-19-20-21-22(16)11-4-2-1-3-5-11/h1-8H,9H2,(H,18,23)(H,24,25). The van der Waals surface area contributed by atoms with E-state index < -0.39 is 5.97 Å². The summed E-state index contributed by atoms with van der Waals surface area (Å²) in [5.41, 5.74) is 1.04. The summed E-state index contributed by atoms with van der Waals surface area (Å²) in [4.78, 5) is 23.2. The molecule has 0 bridgehead atoms. The van der Waals surface area contributed by atoms with Crippen molar-refractivity contribution in [2.45, 2.75) is 5.16 Å². The number of carboxylic acid groups (broad SMARTS) is 1. The van der Waals surface area contributed by atoms with E-state index in [2.05, 4.69) is 20.8 Å². The molecule has 0 saturated heterocycles. The summed E-state index contributed by atoms with van der Waals surface area (Å²) >= 11 is 7.15. The lowest BCUT2D eigenvalue weighted by atomic mass is 10.2. The summed E-state index contributed by atoms with van der Waals surface area (Å²) in [6.45, 7) is 0. The molecule has 132 valence electrons. The predicted molar refractivity (Wildman–Crippen MR) is 96.9 cm³/mol. The Morgan fingerprint density at radius 1 is 1.19 bits per heavy atom. The predicted octanol–water partition coefficient (Wildman–Crippen LogP) is 2.74. The van der Waals surface area contributed by atoms with Crippen molar-refractivity contribution in [2.75, 3.05) is 11.1 Å². The Morgan fingerprint density at radius 3 is 2.69 bits per heavy atom. The summed E-state index contributed by atoms with van der Waals surface area (Å²) in [7, 11) is 0. The number of aromatic carboxylic acids is 1. The van der Waals surface area contributed by atoms with E-state index in [0.717, 1.165) is 17.4 Å². The van der Waals surface area contributed by atoms with Crippen LogP contribution < -0.4 is 5.32 Å². The zero-order chi connectivity index (χ0) is 18.5. The number of nitrogens with zero attached hydrogens (tertiary/aromatic N) is 4. The number of carboxylic acids is 1. The number of benzene rings is 2. The van der Waals surface area contributed by atoms with Crippen LogP contribution >= 0.6 is 23.4 Å². The molecule has 3 aromatic rings. The maximum absolute atomic E-state index is 12.2. The van der Waals surface area contributed by atoms with Crippen LogP contribution in [0.25, 0.3) is 5.69 Å². The molecule has 0 saturated carbocycles. The van der Waals surface area contributed by atoms with Crippen molar-refractivity contribution in [3.63, 3.8) is 0 Å². The molecular formula is C16H12ClN5O3S. The van der Waals surface area contributed by atoms with Crippen LogP contribution in [0.1, 0.15) is 10.4 Å². The van der Waals surface area contributed by atoms with Gasteiger partial charge in [-0.15, -0.1) is 5.10 Å². The molecule has 10 heteroatoms. The Kier molecular flexibility index (Phi) is 5.49. The van der Waals surface area contributed by atoms with Gasteiger partial charge in [0.1, 0.15) is 0 Å². The van der Waals surface area contributed by atoms with E-state index in [4.69, 9.17) is 16.7 Å². The van der Waals surface area contributed by atoms with Crippen LogP contribution in [-0.4, -0.2) is 42.9 Å². The molecule has 0 atom stereocenters. The molecule has 2 N–H and O–H groups in total. The molecule has 26 heavy (non-hydrogen) atoms. The van der Waals surface area contributed by atoms with Gasteiger partial charge in [-0.2, -0.15) is 4.68 Å². The fourth-order valence-corrected chi connectivity index (χ4v) is 2.93. The van der Waals surface area contributed by atoms with Gasteiger partial charge in [0.2, 0.25) is 11.1 Å². The largest absolute Gasteiger partial charge is 0.478 e. The topological polar surface area (TPSA) is 110 Å². The average Bonchev–Trinajstić information content (AvgIpc) is 3.11. The first-order chi connectivity index (χ1) is 12.5. The van der Waals surface area contributed by atoms with Crippen molar-refractivity contribution >= 4 is 40.9 Å². The summed E-state index contributed by atoms with van der Waals surface area (Å²) in [6.07, 6.45) is 0. The third-order valence-corrected chi connectivity index (χ3v) is 4.51. The van der Waals surface area contributed by atoms with Gasteiger partial charge in [0.25, 0.3) is 0 Å². The third-order valence-electron chi connectivity index (χ3n) is 3.26. The van der Waals surface area contributed by atoms with Crippen molar-refractivity contribution in [1.82, 2.24) is 20.2 Å². The van der Waals surface area contributed by atoms with Crippen LogP contribution in [0.2, 0.25) is 5.02 Å². The van der Waals surface area contributed by atoms with Crippen molar-refractivity contribution in [1.29, 1.82) is 0 Å². The van der Waals surface area contributed by atoms with Gasteiger partial charge in [-0.05, 0) is 40.8 Å². The molecule has 0 spiro atoms. The summed E-state index contributed by atoms with van der Waals surface area (Å²) in [5, 5.41) is 23.8.